The molecule has 0 radical (unpaired) electrons. The van der Waals surface area contributed by atoms with Crippen molar-refractivity contribution in [2.45, 2.75) is 13.0 Å². The zero-order chi connectivity index (χ0) is 17.1. The second-order valence-electron chi connectivity index (χ2n) is 5.79. The molecule has 2 heterocycles. The molecule has 1 aromatic heterocycles. The molecular formula is C19H18N4O2. The summed E-state index contributed by atoms with van der Waals surface area (Å²) >= 11 is 0. The number of nitrogens with zero attached hydrogens (tertiary/aromatic N) is 3. The van der Waals surface area contributed by atoms with Gasteiger partial charge in [-0.05, 0) is 47.5 Å². The molecule has 0 aliphatic carbocycles. The van der Waals surface area contributed by atoms with Gasteiger partial charge in [0.2, 0.25) is 0 Å². The Morgan fingerprint density at radius 2 is 2.12 bits per heavy atom. The summed E-state index contributed by atoms with van der Waals surface area (Å²) in [5.74, 6) is 1.29. The first-order valence-corrected chi connectivity index (χ1v) is 8.10. The monoisotopic (exact) mass is 334 g/mol. The van der Waals surface area contributed by atoms with Gasteiger partial charge in [0.25, 0.3) is 0 Å². The van der Waals surface area contributed by atoms with Crippen LogP contribution in [0.2, 0.25) is 0 Å². The third-order valence-electron chi connectivity index (χ3n) is 4.08. The third-order valence-corrected chi connectivity index (χ3v) is 4.08. The van der Waals surface area contributed by atoms with Crippen molar-refractivity contribution in [1.82, 2.24) is 9.78 Å². The highest BCUT2D eigenvalue weighted by Crippen LogP contribution is 2.25. The SMILES string of the molecule is N/C(=N\OCc1ccc(-n2cccn2)cc1)c1ccc2c(c1)CCO2. The fourth-order valence-corrected chi connectivity index (χ4v) is 2.74. The highest BCUT2D eigenvalue weighted by molar-refractivity contribution is 5.97. The van der Waals surface area contributed by atoms with Crippen molar-refractivity contribution in [2.75, 3.05) is 6.61 Å². The molecule has 1 aliphatic rings. The van der Waals surface area contributed by atoms with E-state index in [0.717, 1.165) is 41.2 Å². The molecule has 2 aromatic carbocycles. The molecule has 1 aliphatic heterocycles. The molecule has 126 valence electrons. The number of hydrogen-bond donors (Lipinski definition) is 1. The van der Waals surface area contributed by atoms with E-state index in [1.54, 1.807) is 10.9 Å². The maximum atomic E-state index is 6.01. The number of oxime groups is 1. The van der Waals surface area contributed by atoms with Crippen molar-refractivity contribution < 1.29 is 9.57 Å². The number of rotatable bonds is 5. The summed E-state index contributed by atoms with van der Waals surface area (Å²) in [5.41, 5.74) is 10.0. The average molecular weight is 334 g/mol. The van der Waals surface area contributed by atoms with Crippen molar-refractivity contribution in [1.29, 1.82) is 0 Å². The Kier molecular flexibility index (Phi) is 4.08. The summed E-state index contributed by atoms with van der Waals surface area (Å²) < 4.78 is 7.29. The number of ether oxygens (including phenoxy) is 1. The summed E-state index contributed by atoms with van der Waals surface area (Å²) in [6.45, 7) is 1.08. The lowest BCUT2D eigenvalue weighted by atomic mass is 10.1. The van der Waals surface area contributed by atoms with Gasteiger partial charge in [0.15, 0.2) is 5.84 Å². The van der Waals surface area contributed by atoms with Gasteiger partial charge in [-0.3, -0.25) is 0 Å². The van der Waals surface area contributed by atoms with E-state index in [2.05, 4.69) is 10.3 Å². The quantitative estimate of drug-likeness (QED) is 0.442. The first-order chi connectivity index (χ1) is 12.3. The van der Waals surface area contributed by atoms with Crippen molar-refractivity contribution in [2.24, 2.45) is 10.9 Å². The molecule has 25 heavy (non-hydrogen) atoms. The zero-order valence-electron chi connectivity index (χ0n) is 13.6. The normalized spacial score (nSPS) is 13.4. The van der Waals surface area contributed by atoms with Crippen molar-refractivity contribution in [3.05, 3.63) is 77.6 Å². The minimum absolute atomic E-state index is 0.355. The molecule has 0 amide bonds. The summed E-state index contributed by atoms with van der Waals surface area (Å²) in [5, 5.41) is 8.22. The largest absolute Gasteiger partial charge is 0.493 e. The lowest BCUT2D eigenvalue weighted by Crippen LogP contribution is -2.14. The molecule has 3 aromatic rings. The number of fused-ring (bicyclic) bond motifs is 1. The number of aromatic nitrogens is 2. The van der Waals surface area contributed by atoms with Gasteiger partial charge in [0.1, 0.15) is 12.4 Å². The van der Waals surface area contributed by atoms with Crippen LogP contribution in [0.4, 0.5) is 0 Å². The van der Waals surface area contributed by atoms with Gasteiger partial charge >= 0.3 is 0 Å². The van der Waals surface area contributed by atoms with E-state index in [1.807, 2.05) is 54.7 Å². The molecule has 0 bridgehead atoms. The van der Waals surface area contributed by atoms with Crippen LogP contribution in [0.25, 0.3) is 5.69 Å². The predicted octanol–water partition coefficient (Wildman–Crippen LogP) is 2.64. The van der Waals surface area contributed by atoms with E-state index in [0.29, 0.717) is 12.4 Å². The number of benzene rings is 2. The molecule has 0 saturated heterocycles. The Labute approximate surface area is 145 Å². The maximum Gasteiger partial charge on any atom is 0.170 e. The smallest absolute Gasteiger partial charge is 0.170 e. The number of hydrogen-bond acceptors (Lipinski definition) is 4. The molecule has 2 N–H and O–H groups in total. The number of nitrogens with two attached hydrogens (primary N) is 1. The molecule has 0 atom stereocenters. The first-order valence-electron chi connectivity index (χ1n) is 8.10. The molecule has 0 saturated carbocycles. The van der Waals surface area contributed by atoms with E-state index in [9.17, 15) is 0 Å². The highest BCUT2D eigenvalue weighted by atomic mass is 16.6. The van der Waals surface area contributed by atoms with Gasteiger partial charge < -0.3 is 15.3 Å². The zero-order valence-corrected chi connectivity index (χ0v) is 13.6. The fourth-order valence-electron chi connectivity index (χ4n) is 2.74. The van der Waals surface area contributed by atoms with Crippen LogP contribution in [0.3, 0.4) is 0 Å². The van der Waals surface area contributed by atoms with Crippen LogP contribution < -0.4 is 10.5 Å². The highest BCUT2D eigenvalue weighted by Gasteiger charge is 2.13. The summed E-state index contributed by atoms with van der Waals surface area (Å²) in [6.07, 6.45) is 4.55. The second kappa shape index (κ2) is 6.68. The summed E-state index contributed by atoms with van der Waals surface area (Å²) in [7, 11) is 0. The first kappa shape index (κ1) is 15.3. The molecule has 6 heteroatoms. The molecule has 0 spiro atoms. The van der Waals surface area contributed by atoms with Crippen LogP contribution >= 0.6 is 0 Å². The maximum absolute atomic E-state index is 6.01. The topological polar surface area (TPSA) is 74.7 Å². The fraction of sp³-hybridized carbons (Fsp3) is 0.158. The van der Waals surface area contributed by atoms with Gasteiger partial charge in [-0.25, -0.2) is 4.68 Å². The molecular weight excluding hydrogens is 316 g/mol. The minimum atomic E-state index is 0.355. The predicted molar refractivity (Wildman–Crippen MR) is 94.7 cm³/mol. The Morgan fingerprint density at radius 3 is 2.92 bits per heavy atom. The second-order valence-corrected chi connectivity index (χ2v) is 5.79. The third kappa shape index (κ3) is 3.33. The molecule has 0 fully saturated rings. The molecule has 0 unspecified atom stereocenters. The summed E-state index contributed by atoms with van der Waals surface area (Å²) in [4.78, 5) is 5.40. The van der Waals surface area contributed by atoms with E-state index in [1.165, 1.54) is 0 Å². The molecule has 4 rings (SSSR count). The van der Waals surface area contributed by atoms with Crippen molar-refractivity contribution >= 4 is 5.84 Å². The average Bonchev–Trinajstić information content (AvgIpc) is 3.33. The molecule has 6 nitrogen and oxygen atoms in total. The van der Waals surface area contributed by atoms with Crippen molar-refractivity contribution in [3.8, 4) is 11.4 Å². The lowest BCUT2D eigenvalue weighted by molar-refractivity contribution is 0.130. The Hall–Kier alpha value is -3.28. The van der Waals surface area contributed by atoms with Crippen LogP contribution in [0, 0.1) is 0 Å². The van der Waals surface area contributed by atoms with Gasteiger partial charge in [-0.1, -0.05) is 17.3 Å². The van der Waals surface area contributed by atoms with Crippen LogP contribution in [-0.4, -0.2) is 22.2 Å². The Balaban J connectivity index is 1.38. The standard InChI is InChI=1S/C19H18N4O2/c20-19(16-4-7-18-15(12-16)8-11-24-18)22-25-13-14-2-5-17(6-3-14)23-10-1-9-21-23/h1-7,9-10,12H,8,11,13H2,(H2,20,22). The van der Waals surface area contributed by atoms with Gasteiger partial charge in [0.05, 0.1) is 12.3 Å². The van der Waals surface area contributed by atoms with Gasteiger partial charge in [0, 0.05) is 24.4 Å². The number of amidine groups is 1. The van der Waals surface area contributed by atoms with Gasteiger partial charge in [-0.15, -0.1) is 0 Å². The Morgan fingerprint density at radius 1 is 1.24 bits per heavy atom. The minimum Gasteiger partial charge on any atom is -0.493 e. The Bertz CT molecular complexity index is 886. The van der Waals surface area contributed by atoms with E-state index in [-0.39, 0.29) is 0 Å². The van der Waals surface area contributed by atoms with Crippen LogP contribution in [-0.2, 0) is 17.9 Å². The summed E-state index contributed by atoms with van der Waals surface area (Å²) in [6, 6.07) is 15.6. The van der Waals surface area contributed by atoms with Crippen LogP contribution in [0.1, 0.15) is 16.7 Å². The van der Waals surface area contributed by atoms with E-state index < -0.39 is 0 Å². The van der Waals surface area contributed by atoms with Gasteiger partial charge in [-0.2, -0.15) is 5.10 Å². The van der Waals surface area contributed by atoms with Crippen LogP contribution in [0.15, 0.2) is 66.1 Å². The lowest BCUT2D eigenvalue weighted by Gasteiger charge is -2.06. The van der Waals surface area contributed by atoms with Crippen molar-refractivity contribution in [3.63, 3.8) is 0 Å². The van der Waals surface area contributed by atoms with Crippen LogP contribution in [0.5, 0.6) is 5.75 Å². The van der Waals surface area contributed by atoms with E-state index >= 15 is 0 Å². The van der Waals surface area contributed by atoms with E-state index in [4.69, 9.17) is 15.3 Å².